The SMILES string of the molecule is O=C(NC1CC1)[C@@H](Nc1cnn(-c2ccccc2)c1)c1ccc(F)cc1. The Morgan fingerprint density at radius 1 is 1.12 bits per heavy atom. The fourth-order valence-corrected chi connectivity index (χ4v) is 2.75. The van der Waals surface area contributed by atoms with Crippen LogP contribution < -0.4 is 10.6 Å². The maximum Gasteiger partial charge on any atom is 0.247 e. The minimum Gasteiger partial charge on any atom is -0.368 e. The number of para-hydroxylation sites is 1. The normalized spacial score (nSPS) is 14.7. The number of aromatic nitrogens is 2. The third-order valence-electron chi connectivity index (χ3n) is 4.30. The van der Waals surface area contributed by atoms with E-state index >= 15 is 0 Å². The van der Waals surface area contributed by atoms with Gasteiger partial charge in [-0.3, -0.25) is 4.79 Å². The van der Waals surface area contributed by atoms with E-state index in [9.17, 15) is 9.18 Å². The van der Waals surface area contributed by atoms with Crippen LogP contribution in [0.5, 0.6) is 0 Å². The van der Waals surface area contributed by atoms with Crippen molar-refractivity contribution in [3.05, 3.63) is 78.4 Å². The number of amides is 1. The number of nitrogens with zero attached hydrogens (tertiary/aromatic N) is 2. The maximum absolute atomic E-state index is 13.3. The van der Waals surface area contributed by atoms with Crippen LogP contribution in [0.3, 0.4) is 0 Å². The molecule has 132 valence electrons. The summed E-state index contributed by atoms with van der Waals surface area (Å²) in [6, 6.07) is 15.3. The Hall–Kier alpha value is -3.15. The summed E-state index contributed by atoms with van der Waals surface area (Å²) in [7, 11) is 0. The molecule has 6 heteroatoms. The van der Waals surface area contributed by atoms with Crippen LogP contribution in [0.1, 0.15) is 24.4 Å². The molecule has 2 aromatic carbocycles. The van der Waals surface area contributed by atoms with Gasteiger partial charge in [-0.2, -0.15) is 5.10 Å². The number of nitrogens with one attached hydrogen (secondary N) is 2. The molecule has 1 aliphatic carbocycles. The van der Waals surface area contributed by atoms with Gasteiger partial charge in [0.15, 0.2) is 0 Å². The summed E-state index contributed by atoms with van der Waals surface area (Å²) >= 11 is 0. The Morgan fingerprint density at radius 2 is 1.85 bits per heavy atom. The average molecular weight is 350 g/mol. The van der Waals surface area contributed by atoms with Crippen molar-refractivity contribution in [3.63, 3.8) is 0 Å². The monoisotopic (exact) mass is 350 g/mol. The van der Waals surface area contributed by atoms with Crippen molar-refractivity contribution >= 4 is 11.6 Å². The van der Waals surface area contributed by atoms with Crippen molar-refractivity contribution in [2.75, 3.05) is 5.32 Å². The van der Waals surface area contributed by atoms with Crippen molar-refractivity contribution in [1.29, 1.82) is 0 Å². The number of hydrogen-bond acceptors (Lipinski definition) is 3. The molecule has 1 fully saturated rings. The molecule has 1 atom stereocenters. The van der Waals surface area contributed by atoms with Crippen LogP contribution in [0.2, 0.25) is 0 Å². The van der Waals surface area contributed by atoms with E-state index in [0.29, 0.717) is 11.3 Å². The minimum absolute atomic E-state index is 0.119. The van der Waals surface area contributed by atoms with Gasteiger partial charge >= 0.3 is 0 Å². The van der Waals surface area contributed by atoms with Gasteiger partial charge in [0.05, 0.1) is 23.8 Å². The molecule has 26 heavy (non-hydrogen) atoms. The molecular weight excluding hydrogens is 331 g/mol. The number of hydrogen-bond donors (Lipinski definition) is 2. The van der Waals surface area contributed by atoms with E-state index in [4.69, 9.17) is 0 Å². The summed E-state index contributed by atoms with van der Waals surface area (Å²) in [6.45, 7) is 0. The Morgan fingerprint density at radius 3 is 2.54 bits per heavy atom. The molecule has 0 aliphatic heterocycles. The van der Waals surface area contributed by atoms with Crippen molar-refractivity contribution in [2.24, 2.45) is 0 Å². The summed E-state index contributed by atoms with van der Waals surface area (Å²) in [4.78, 5) is 12.7. The van der Waals surface area contributed by atoms with Gasteiger partial charge < -0.3 is 10.6 Å². The molecule has 0 unspecified atom stereocenters. The van der Waals surface area contributed by atoms with Gasteiger partial charge in [0.1, 0.15) is 11.9 Å². The topological polar surface area (TPSA) is 59.0 Å². The second-order valence-electron chi connectivity index (χ2n) is 6.42. The van der Waals surface area contributed by atoms with Crippen LogP contribution in [0.4, 0.5) is 10.1 Å². The highest BCUT2D eigenvalue weighted by molar-refractivity contribution is 5.86. The molecule has 1 aliphatic rings. The molecule has 0 bridgehead atoms. The first kappa shape index (κ1) is 16.3. The largest absolute Gasteiger partial charge is 0.368 e. The molecule has 4 rings (SSSR count). The lowest BCUT2D eigenvalue weighted by molar-refractivity contribution is -0.122. The standard InChI is InChI=1S/C20H19FN4O/c21-15-8-6-14(7-9-15)19(20(26)24-16-10-11-16)23-17-12-22-25(13-17)18-4-2-1-3-5-18/h1-9,12-13,16,19,23H,10-11H2,(H,24,26)/t19-/m0/s1. The number of carbonyl (C=O) groups excluding carboxylic acids is 1. The number of halogens is 1. The molecular formula is C20H19FN4O. The number of anilines is 1. The molecule has 3 aromatic rings. The van der Waals surface area contributed by atoms with Crippen molar-refractivity contribution in [2.45, 2.75) is 24.9 Å². The molecule has 0 radical (unpaired) electrons. The smallest absolute Gasteiger partial charge is 0.247 e. The highest BCUT2D eigenvalue weighted by Gasteiger charge is 2.28. The third-order valence-corrected chi connectivity index (χ3v) is 4.30. The van der Waals surface area contributed by atoms with Gasteiger partial charge in [-0.25, -0.2) is 9.07 Å². The average Bonchev–Trinajstić information content (AvgIpc) is 3.35. The van der Waals surface area contributed by atoms with E-state index in [-0.39, 0.29) is 17.8 Å². The van der Waals surface area contributed by atoms with Gasteiger partial charge in [0.2, 0.25) is 5.91 Å². The van der Waals surface area contributed by atoms with Crippen molar-refractivity contribution in [1.82, 2.24) is 15.1 Å². The summed E-state index contributed by atoms with van der Waals surface area (Å²) in [5.41, 5.74) is 2.35. The summed E-state index contributed by atoms with van der Waals surface area (Å²) in [6.07, 6.45) is 5.52. The minimum atomic E-state index is -0.607. The highest BCUT2D eigenvalue weighted by atomic mass is 19.1. The molecule has 0 saturated heterocycles. The Balaban J connectivity index is 1.57. The first-order valence-corrected chi connectivity index (χ1v) is 8.61. The summed E-state index contributed by atoms with van der Waals surface area (Å²) in [5.74, 6) is -0.446. The van der Waals surface area contributed by atoms with Crippen LogP contribution in [0, 0.1) is 5.82 Å². The van der Waals surface area contributed by atoms with E-state index in [1.54, 1.807) is 23.0 Å². The van der Waals surface area contributed by atoms with E-state index in [2.05, 4.69) is 15.7 Å². The van der Waals surface area contributed by atoms with Crippen LogP contribution in [0.25, 0.3) is 5.69 Å². The zero-order chi connectivity index (χ0) is 17.9. The van der Waals surface area contributed by atoms with Gasteiger partial charge in [-0.15, -0.1) is 0 Å². The Kier molecular flexibility index (Phi) is 4.39. The highest BCUT2D eigenvalue weighted by Crippen LogP contribution is 2.24. The first-order chi connectivity index (χ1) is 12.7. The lowest BCUT2D eigenvalue weighted by Gasteiger charge is -2.19. The second-order valence-corrected chi connectivity index (χ2v) is 6.42. The van der Waals surface area contributed by atoms with Crippen LogP contribution in [-0.4, -0.2) is 21.7 Å². The maximum atomic E-state index is 13.3. The lowest BCUT2D eigenvalue weighted by Crippen LogP contribution is -2.34. The second kappa shape index (κ2) is 7.00. The quantitative estimate of drug-likeness (QED) is 0.716. The number of carbonyl (C=O) groups is 1. The van der Waals surface area contributed by atoms with Crippen molar-refractivity contribution < 1.29 is 9.18 Å². The zero-order valence-electron chi connectivity index (χ0n) is 14.1. The van der Waals surface area contributed by atoms with E-state index < -0.39 is 6.04 Å². The van der Waals surface area contributed by atoms with Gasteiger partial charge in [-0.05, 0) is 42.7 Å². The number of rotatable bonds is 6. The van der Waals surface area contributed by atoms with E-state index in [1.165, 1.54) is 12.1 Å². The molecule has 1 saturated carbocycles. The van der Waals surface area contributed by atoms with Gasteiger partial charge in [0, 0.05) is 6.04 Å². The first-order valence-electron chi connectivity index (χ1n) is 8.61. The molecule has 0 spiro atoms. The molecule has 1 aromatic heterocycles. The molecule has 1 amide bonds. The van der Waals surface area contributed by atoms with Gasteiger partial charge in [0.25, 0.3) is 0 Å². The third kappa shape index (κ3) is 3.74. The predicted molar refractivity (Wildman–Crippen MR) is 97.5 cm³/mol. The summed E-state index contributed by atoms with van der Waals surface area (Å²) in [5, 5.41) is 10.6. The lowest BCUT2D eigenvalue weighted by atomic mass is 10.1. The van der Waals surface area contributed by atoms with Crippen molar-refractivity contribution in [3.8, 4) is 5.69 Å². The summed E-state index contributed by atoms with van der Waals surface area (Å²) < 4.78 is 15.0. The Bertz CT molecular complexity index is 888. The van der Waals surface area contributed by atoms with E-state index in [0.717, 1.165) is 18.5 Å². The van der Waals surface area contributed by atoms with Gasteiger partial charge in [-0.1, -0.05) is 30.3 Å². The zero-order valence-corrected chi connectivity index (χ0v) is 14.1. The molecule has 5 nitrogen and oxygen atoms in total. The fraction of sp³-hybridized carbons (Fsp3) is 0.200. The predicted octanol–water partition coefficient (Wildman–Crippen LogP) is 3.44. The Labute approximate surface area is 150 Å². The van der Waals surface area contributed by atoms with Crippen LogP contribution in [-0.2, 0) is 4.79 Å². The van der Waals surface area contributed by atoms with E-state index in [1.807, 2.05) is 36.5 Å². The number of benzene rings is 2. The van der Waals surface area contributed by atoms with Crippen LogP contribution >= 0.6 is 0 Å². The van der Waals surface area contributed by atoms with Crippen LogP contribution in [0.15, 0.2) is 67.0 Å². The molecule has 1 heterocycles. The fourth-order valence-electron chi connectivity index (χ4n) is 2.75. The molecule has 2 N–H and O–H groups in total.